The van der Waals surface area contributed by atoms with Crippen LogP contribution in [0.1, 0.15) is 0 Å². The number of nitrogens with zero attached hydrogens (tertiary/aromatic N) is 5. The van der Waals surface area contributed by atoms with Gasteiger partial charge in [-0.2, -0.15) is 0 Å². The highest BCUT2D eigenvalue weighted by Gasteiger charge is 2.22. The van der Waals surface area contributed by atoms with Gasteiger partial charge in [0, 0.05) is 37.4 Å². The molecule has 3 aromatic rings. The number of carbonyl (C=O) groups excluding carboxylic acids is 1. The Morgan fingerprint density at radius 3 is 2.41 bits per heavy atom. The third kappa shape index (κ3) is 4.59. The van der Waals surface area contributed by atoms with Crippen LogP contribution in [-0.4, -0.2) is 71.8 Å². The van der Waals surface area contributed by atoms with E-state index >= 15 is 0 Å². The summed E-state index contributed by atoms with van der Waals surface area (Å²) in [5, 5.41) is 8.83. The van der Waals surface area contributed by atoms with Gasteiger partial charge in [-0.1, -0.05) is 30.0 Å². The summed E-state index contributed by atoms with van der Waals surface area (Å²) in [5.41, 5.74) is 1.93. The molecule has 1 aliphatic heterocycles. The number of rotatable bonds is 7. The number of thioether (sulfide) groups is 1. The Morgan fingerprint density at radius 2 is 1.72 bits per heavy atom. The number of methoxy groups -OCH3 is 2. The first kappa shape index (κ1) is 21.8. The molecule has 32 heavy (non-hydrogen) atoms. The van der Waals surface area contributed by atoms with Crippen LogP contribution in [-0.2, 0) is 4.79 Å². The Morgan fingerprint density at radius 1 is 1.00 bits per heavy atom. The quantitative estimate of drug-likeness (QED) is 0.428. The van der Waals surface area contributed by atoms with Crippen molar-refractivity contribution in [3.05, 3.63) is 48.5 Å². The van der Waals surface area contributed by atoms with E-state index in [1.54, 1.807) is 26.4 Å². The number of aromatic nitrogens is 3. The molecule has 1 amide bonds. The van der Waals surface area contributed by atoms with E-state index in [2.05, 4.69) is 27.2 Å². The SMILES string of the molecule is COc1ccc(-c2nnc(SCC(=O)N3CCN(c4ccccc4)CC3)n2N)cc1OC. The van der Waals surface area contributed by atoms with Crippen molar-refractivity contribution in [2.24, 2.45) is 0 Å². The van der Waals surface area contributed by atoms with Crippen molar-refractivity contribution in [2.75, 3.05) is 56.9 Å². The zero-order valence-corrected chi connectivity index (χ0v) is 18.9. The summed E-state index contributed by atoms with van der Waals surface area (Å²) in [4.78, 5) is 16.9. The molecule has 168 valence electrons. The van der Waals surface area contributed by atoms with Crippen molar-refractivity contribution < 1.29 is 14.3 Å². The minimum absolute atomic E-state index is 0.0679. The Labute approximate surface area is 191 Å². The second-order valence-electron chi connectivity index (χ2n) is 7.24. The Bertz CT molecular complexity index is 1070. The van der Waals surface area contributed by atoms with Crippen LogP contribution in [0.5, 0.6) is 11.5 Å². The highest BCUT2D eigenvalue weighted by atomic mass is 32.2. The van der Waals surface area contributed by atoms with E-state index in [-0.39, 0.29) is 11.7 Å². The topological polar surface area (TPSA) is 98.7 Å². The summed E-state index contributed by atoms with van der Waals surface area (Å²) in [6.45, 7) is 3.02. The van der Waals surface area contributed by atoms with Gasteiger partial charge < -0.3 is 25.1 Å². The molecule has 0 saturated carbocycles. The number of piperazine rings is 1. The average Bonchev–Trinajstić information content (AvgIpc) is 3.22. The molecule has 0 bridgehead atoms. The van der Waals surface area contributed by atoms with Crippen LogP contribution in [0.2, 0.25) is 0 Å². The van der Waals surface area contributed by atoms with Crippen LogP contribution in [0, 0.1) is 0 Å². The maximum absolute atomic E-state index is 12.7. The third-order valence-corrected chi connectivity index (χ3v) is 6.31. The van der Waals surface area contributed by atoms with Gasteiger partial charge in [-0.3, -0.25) is 4.79 Å². The number of carbonyl (C=O) groups is 1. The van der Waals surface area contributed by atoms with Crippen molar-refractivity contribution in [2.45, 2.75) is 5.16 Å². The monoisotopic (exact) mass is 454 g/mol. The van der Waals surface area contributed by atoms with Gasteiger partial charge in [-0.15, -0.1) is 10.2 Å². The predicted octanol–water partition coefficient (Wildman–Crippen LogP) is 2.12. The number of nitrogen functional groups attached to an aromatic ring is 1. The smallest absolute Gasteiger partial charge is 0.233 e. The van der Waals surface area contributed by atoms with Gasteiger partial charge in [0.2, 0.25) is 11.1 Å². The molecule has 0 atom stereocenters. The Hall–Kier alpha value is -3.40. The van der Waals surface area contributed by atoms with Crippen LogP contribution in [0.4, 0.5) is 5.69 Å². The van der Waals surface area contributed by atoms with Crippen molar-refractivity contribution in [1.29, 1.82) is 0 Å². The molecule has 2 heterocycles. The molecule has 1 fully saturated rings. The first-order valence-electron chi connectivity index (χ1n) is 10.2. The van der Waals surface area contributed by atoms with E-state index < -0.39 is 0 Å². The maximum atomic E-state index is 12.7. The van der Waals surface area contributed by atoms with Crippen molar-refractivity contribution >= 4 is 23.4 Å². The van der Waals surface area contributed by atoms with Gasteiger partial charge in [-0.25, -0.2) is 4.68 Å². The third-order valence-electron chi connectivity index (χ3n) is 5.38. The molecule has 9 nitrogen and oxygen atoms in total. The van der Waals surface area contributed by atoms with Crippen molar-refractivity contribution in [3.63, 3.8) is 0 Å². The van der Waals surface area contributed by atoms with E-state index in [4.69, 9.17) is 15.3 Å². The van der Waals surface area contributed by atoms with Crippen molar-refractivity contribution in [3.8, 4) is 22.9 Å². The lowest BCUT2D eigenvalue weighted by Gasteiger charge is -2.36. The summed E-state index contributed by atoms with van der Waals surface area (Å²) < 4.78 is 12.0. The molecule has 0 unspecified atom stereocenters. The first-order chi connectivity index (χ1) is 15.6. The minimum Gasteiger partial charge on any atom is -0.493 e. The second kappa shape index (κ2) is 9.82. The molecular formula is C22H26N6O3S. The summed E-state index contributed by atoms with van der Waals surface area (Å²) in [5.74, 6) is 8.21. The highest BCUT2D eigenvalue weighted by molar-refractivity contribution is 7.99. The summed E-state index contributed by atoms with van der Waals surface area (Å²) in [6.07, 6.45) is 0. The van der Waals surface area contributed by atoms with Crippen LogP contribution < -0.4 is 20.2 Å². The molecular weight excluding hydrogens is 428 g/mol. The second-order valence-corrected chi connectivity index (χ2v) is 8.18. The largest absolute Gasteiger partial charge is 0.493 e. The first-order valence-corrected chi connectivity index (χ1v) is 11.2. The normalized spacial score (nSPS) is 13.8. The fourth-order valence-electron chi connectivity index (χ4n) is 3.62. The lowest BCUT2D eigenvalue weighted by molar-refractivity contribution is -0.128. The molecule has 10 heteroatoms. The number of anilines is 1. The van der Waals surface area contributed by atoms with Gasteiger partial charge in [0.1, 0.15) is 0 Å². The molecule has 1 aromatic heterocycles. The number of benzene rings is 2. The van der Waals surface area contributed by atoms with Crippen LogP contribution in [0.25, 0.3) is 11.4 Å². The average molecular weight is 455 g/mol. The van der Waals surface area contributed by atoms with Crippen molar-refractivity contribution in [1.82, 2.24) is 19.8 Å². The number of hydrogen-bond acceptors (Lipinski definition) is 8. The standard InChI is InChI=1S/C22H26N6O3S/c1-30-18-9-8-16(14-19(18)31-2)21-24-25-22(28(21)23)32-15-20(29)27-12-10-26(11-13-27)17-6-4-3-5-7-17/h3-9,14H,10-13,15,23H2,1-2H3. The summed E-state index contributed by atoms with van der Waals surface area (Å²) >= 11 is 1.28. The molecule has 2 aromatic carbocycles. The van der Waals surface area contributed by atoms with Gasteiger partial charge in [0.15, 0.2) is 17.3 Å². The fourth-order valence-corrected chi connectivity index (χ4v) is 4.38. The number of ether oxygens (including phenoxy) is 2. The maximum Gasteiger partial charge on any atom is 0.233 e. The van der Waals surface area contributed by atoms with Gasteiger partial charge in [-0.05, 0) is 30.3 Å². The number of para-hydroxylation sites is 1. The van der Waals surface area contributed by atoms with Gasteiger partial charge >= 0.3 is 0 Å². The Balaban J connectivity index is 1.35. The van der Waals surface area contributed by atoms with Crippen LogP contribution >= 0.6 is 11.8 Å². The molecule has 1 saturated heterocycles. The molecule has 0 radical (unpaired) electrons. The van der Waals surface area contributed by atoms with E-state index in [1.807, 2.05) is 29.2 Å². The molecule has 0 aliphatic carbocycles. The van der Waals surface area contributed by atoms with Gasteiger partial charge in [0.25, 0.3) is 0 Å². The fraction of sp³-hybridized carbons (Fsp3) is 0.318. The highest BCUT2D eigenvalue weighted by Crippen LogP contribution is 2.32. The zero-order valence-electron chi connectivity index (χ0n) is 18.1. The number of nitrogens with two attached hydrogens (primary N) is 1. The molecule has 1 aliphatic rings. The van der Waals surface area contributed by atoms with Crippen LogP contribution in [0.3, 0.4) is 0 Å². The lowest BCUT2D eigenvalue weighted by atomic mass is 10.2. The lowest BCUT2D eigenvalue weighted by Crippen LogP contribution is -2.49. The van der Waals surface area contributed by atoms with E-state index in [0.717, 1.165) is 18.7 Å². The van der Waals surface area contributed by atoms with Crippen LogP contribution in [0.15, 0.2) is 53.7 Å². The van der Waals surface area contributed by atoms with E-state index in [0.29, 0.717) is 35.6 Å². The Kier molecular flexibility index (Phi) is 6.69. The zero-order chi connectivity index (χ0) is 22.5. The summed E-state index contributed by atoms with van der Waals surface area (Å²) in [6, 6.07) is 15.7. The van der Waals surface area contributed by atoms with E-state index in [1.165, 1.54) is 22.1 Å². The molecule has 0 spiro atoms. The predicted molar refractivity (Wildman–Crippen MR) is 125 cm³/mol. The number of amides is 1. The van der Waals surface area contributed by atoms with E-state index in [9.17, 15) is 4.79 Å². The molecule has 2 N–H and O–H groups in total. The molecule has 4 rings (SSSR count). The van der Waals surface area contributed by atoms with Gasteiger partial charge in [0.05, 0.1) is 20.0 Å². The number of hydrogen-bond donors (Lipinski definition) is 1. The summed E-state index contributed by atoms with van der Waals surface area (Å²) in [7, 11) is 3.15. The minimum atomic E-state index is 0.0679.